The summed E-state index contributed by atoms with van der Waals surface area (Å²) in [7, 11) is 0. The van der Waals surface area contributed by atoms with Crippen molar-refractivity contribution in [3.05, 3.63) is 52.6 Å². The van der Waals surface area contributed by atoms with Crippen LogP contribution >= 0.6 is 0 Å². The van der Waals surface area contributed by atoms with E-state index in [0.29, 0.717) is 6.54 Å². The molecule has 0 amide bonds. The van der Waals surface area contributed by atoms with Gasteiger partial charge in [0.1, 0.15) is 23.6 Å². The van der Waals surface area contributed by atoms with Gasteiger partial charge in [-0.2, -0.15) is 0 Å². The summed E-state index contributed by atoms with van der Waals surface area (Å²) in [6, 6.07) is 8.10. The normalized spacial score (nSPS) is 11.9. The number of nitrogens with zero attached hydrogens (tertiary/aromatic N) is 2. The molecule has 2 N–H and O–H groups in total. The molecule has 3 aromatic rings. The van der Waals surface area contributed by atoms with Gasteiger partial charge in [-0.15, -0.1) is 0 Å². The molecule has 1 aromatic carbocycles. The number of para-hydroxylation sites is 1. The summed E-state index contributed by atoms with van der Waals surface area (Å²) in [6.45, 7) is 10.3. The van der Waals surface area contributed by atoms with Crippen molar-refractivity contribution in [1.29, 1.82) is 0 Å². The first-order chi connectivity index (χ1) is 13.1. The number of furan rings is 1. The molecule has 0 bridgehead atoms. The van der Waals surface area contributed by atoms with Gasteiger partial charge in [-0.1, -0.05) is 23.4 Å². The number of aryl methyl sites for hydroxylation is 3. The lowest BCUT2D eigenvalue weighted by Gasteiger charge is -2.11. The third kappa shape index (κ3) is 4.51. The molecule has 0 aliphatic rings. The summed E-state index contributed by atoms with van der Waals surface area (Å²) in [5, 5.41) is 11.8. The first-order valence-corrected chi connectivity index (χ1v) is 9.51. The molecule has 6 heteroatoms. The lowest BCUT2D eigenvalue weighted by Crippen LogP contribution is -2.37. The van der Waals surface area contributed by atoms with Crippen LogP contribution in [-0.2, 0) is 13.0 Å². The quantitative estimate of drug-likeness (QED) is 0.374. The SMILES string of the molecule is CCNC(=NCc1oc2ccccc2c1C)NCCCc1c(C)noc1C. The Hall–Kier alpha value is -2.76. The summed E-state index contributed by atoms with van der Waals surface area (Å²) >= 11 is 0. The smallest absolute Gasteiger partial charge is 0.191 e. The van der Waals surface area contributed by atoms with E-state index in [-0.39, 0.29) is 0 Å². The average Bonchev–Trinajstić information content (AvgIpc) is 3.16. The molecule has 0 spiro atoms. The molecule has 0 aliphatic heterocycles. The largest absolute Gasteiger partial charge is 0.459 e. The highest BCUT2D eigenvalue weighted by molar-refractivity contribution is 5.82. The molecular weight excluding hydrogens is 340 g/mol. The van der Waals surface area contributed by atoms with E-state index in [4.69, 9.17) is 8.94 Å². The Labute approximate surface area is 160 Å². The Bertz CT molecular complexity index is 904. The second-order valence-electron chi connectivity index (χ2n) is 6.67. The van der Waals surface area contributed by atoms with Gasteiger partial charge >= 0.3 is 0 Å². The minimum atomic E-state index is 0.514. The first kappa shape index (κ1) is 19.0. The Morgan fingerprint density at radius 2 is 1.96 bits per heavy atom. The predicted octanol–water partition coefficient (Wildman–Crippen LogP) is 4.03. The van der Waals surface area contributed by atoms with Crippen molar-refractivity contribution >= 4 is 16.9 Å². The van der Waals surface area contributed by atoms with Crippen molar-refractivity contribution in [2.24, 2.45) is 4.99 Å². The van der Waals surface area contributed by atoms with E-state index < -0.39 is 0 Å². The molecule has 3 rings (SSSR count). The second-order valence-corrected chi connectivity index (χ2v) is 6.67. The van der Waals surface area contributed by atoms with E-state index in [0.717, 1.165) is 65.6 Å². The summed E-state index contributed by atoms with van der Waals surface area (Å²) in [6.07, 6.45) is 1.92. The highest BCUT2D eigenvalue weighted by Crippen LogP contribution is 2.25. The van der Waals surface area contributed by atoms with E-state index in [9.17, 15) is 0 Å². The number of fused-ring (bicyclic) bond motifs is 1. The number of hydrogen-bond donors (Lipinski definition) is 2. The van der Waals surface area contributed by atoms with Crippen LogP contribution in [0.4, 0.5) is 0 Å². The molecular formula is C21H28N4O2. The number of aromatic nitrogens is 1. The number of guanidine groups is 1. The van der Waals surface area contributed by atoms with E-state index in [1.54, 1.807) is 0 Å². The van der Waals surface area contributed by atoms with Gasteiger partial charge in [0.15, 0.2) is 5.96 Å². The Balaban J connectivity index is 1.58. The zero-order valence-corrected chi connectivity index (χ0v) is 16.6. The molecule has 0 atom stereocenters. The van der Waals surface area contributed by atoms with Crippen LogP contribution in [0.25, 0.3) is 11.0 Å². The van der Waals surface area contributed by atoms with Gasteiger partial charge in [0, 0.05) is 29.6 Å². The third-order valence-corrected chi connectivity index (χ3v) is 4.74. The van der Waals surface area contributed by atoms with Crippen molar-refractivity contribution in [2.75, 3.05) is 13.1 Å². The highest BCUT2D eigenvalue weighted by Gasteiger charge is 2.10. The van der Waals surface area contributed by atoms with Gasteiger partial charge in [0.2, 0.25) is 0 Å². The molecule has 2 heterocycles. The summed E-state index contributed by atoms with van der Waals surface area (Å²) in [4.78, 5) is 4.68. The monoisotopic (exact) mass is 368 g/mol. The Morgan fingerprint density at radius 3 is 2.67 bits per heavy atom. The molecule has 2 aromatic heterocycles. The van der Waals surface area contributed by atoms with Gasteiger partial charge in [0.25, 0.3) is 0 Å². The van der Waals surface area contributed by atoms with Crippen LogP contribution in [0.3, 0.4) is 0 Å². The molecule has 0 unspecified atom stereocenters. The van der Waals surface area contributed by atoms with Crippen molar-refractivity contribution < 1.29 is 8.94 Å². The van der Waals surface area contributed by atoms with Gasteiger partial charge in [-0.05, 0) is 46.6 Å². The van der Waals surface area contributed by atoms with Gasteiger partial charge in [0.05, 0.1) is 5.69 Å². The summed E-state index contributed by atoms with van der Waals surface area (Å²) in [5.74, 6) is 2.62. The predicted molar refractivity (Wildman–Crippen MR) is 108 cm³/mol. The fraction of sp³-hybridized carbons (Fsp3) is 0.429. The van der Waals surface area contributed by atoms with Crippen LogP contribution in [-0.4, -0.2) is 24.2 Å². The number of rotatable bonds is 7. The van der Waals surface area contributed by atoms with Crippen molar-refractivity contribution in [3.8, 4) is 0 Å². The summed E-state index contributed by atoms with van der Waals surface area (Å²) in [5.41, 5.74) is 4.26. The third-order valence-electron chi connectivity index (χ3n) is 4.74. The number of hydrogen-bond acceptors (Lipinski definition) is 4. The fourth-order valence-electron chi connectivity index (χ4n) is 3.20. The zero-order chi connectivity index (χ0) is 19.2. The standard InChI is InChI=1S/C21H28N4O2/c1-5-22-21(23-12-8-10-18-15(3)25-27-16(18)4)24-13-20-14(2)17-9-6-7-11-19(17)26-20/h6-7,9,11H,5,8,10,12-13H2,1-4H3,(H2,22,23,24). The van der Waals surface area contributed by atoms with Crippen LogP contribution in [0.1, 0.15) is 41.7 Å². The van der Waals surface area contributed by atoms with Crippen molar-refractivity contribution in [3.63, 3.8) is 0 Å². The second kappa shape index (κ2) is 8.75. The van der Waals surface area contributed by atoms with Crippen LogP contribution in [0.2, 0.25) is 0 Å². The molecule has 0 fully saturated rings. The molecule has 6 nitrogen and oxygen atoms in total. The highest BCUT2D eigenvalue weighted by atomic mass is 16.5. The van der Waals surface area contributed by atoms with Gasteiger partial charge < -0.3 is 19.6 Å². The molecule has 0 aliphatic carbocycles. The maximum Gasteiger partial charge on any atom is 0.191 e. The van der Waals surface area contributed by atoms with Crippen LogP contribution in [0.15, 0.2) is 38.2 Å². The number of benzene rings is 1. The van der Waals surface area contributed by atoms with Gasteiger partial charge in [-0.3, -0.25) is 0 Å². The maximum absolute atomic E-state index is 5.95. The van der Waals surface area contributed by atoms with E-state index in [1.165, 1.54) is 5.56 Å². The van der Waals surface area contributed by atoms with Crippen LogP contribution in [0.5, 0.6) is 0 Å². The molecule has 144 valence electrons. The van der Waals surface area contributed by atoms with Crippen LogP contribution < -0.4 is 10.6 Å². The average molecular weight is 368 g/mol. The first-order valence-electron chi connectivity index (χ1n) is 9.51. The molecule has 0 radical (unpaired) electrons. The fourth-order valence-corrected chi connectivity index (χ4v) is 3.20. The van der Waals surface area contributed by atoms with Crippen molar-refractivity contribution in [2.45, 2.75) is 47.1 Å². The zero-order valence-electron chi connectivity index (χ0n) is 16.6. The number of nitrogens with one attached hydrogen (secondary N) is 2. The number of aliphatic imine (C=N–C) groups is 1. The minimum absolute atomic E-state index is 0.514. The Morgan fingerprint density at radius 1 is 1.15 bits per heavy atom. The van der Waals surface area contributed by atoms with Crippen molar-refractivity contribution in [1.82, 2.24) is 15.8 Å². The van der Waals surface area contributed by atoms with E-state index >= 15 is 0 Å². The molecule has 0 saturated heterocycles. The summed E-state index contributed by atoms with van der Waals surface area (Å²) < 4.78 is 11.2. The minimum Gasteiger partial charge on any atom is -0.459 e. The Kier molecular flexibility index (Phi) is 6.16. The lowest BCUT2D eigenvalue weighted by molar-refractivity contribution is 0.392. The van der Waals surface area contributed by atoms with Gasteiger partial charge in [-0.25, -0.2) is 4.99 Å². The van der Waals surface area contributed by atoms with Crippen LogP contribution in [0, 0.1) is 20.8 Å². The van der Waals surface area contributed by atoms with E-state index in [1.807, 2.05) is 32.0 Å². The maximum atomic E-state index is 5.95. The lowest BCUT2D eigenvalue weighted by atomic mass is 10.1. The molecule has 0 saturated carbocycles. The topological polar surface area (TPSA) is 75.6 Å². The molecule has 27 heavy (non-hydrogen) atoms. The van der Waals surface area contributed by atoms with E-state index in [2.05, 4.69) is 40.7 Å².